The Morgan fingerprint density at radius 2 is 2.44 bits per heavy atom. The number of aromatic amines is 1. The number of carbonyl (C=O) groups is 1. The Bertz CT molecular complexity index is 287. The number of rotatable bonds is 8. The van der Waals surface area contributed by atoms with E-state index in [1.165, 1.54) is 6.33 Å². The molecule has 1 amide bonds. The van der Waals surface area contributed by atoms with Crippen LogP contribution in [0, 0.1) is 0 Å². The molecule has 0 aliphatic carbocycles. The summed E-state index contributed by atoms with van der Waals surface area (Å²) in [5, 5.41) is 9.25. The van der Waals surface area contributed by atoms with Crippen LogP contribution in [-0.2, 0) is 16.0 Å². The van der Waals surface area contributed by atoms with E-state index in [1.807, 2.05) is 6.92 Å². The number of nitrogens with one attached hydrogen (secondary N) is 2. The highest BCUT2D eigenvalue weighted by molar-refractivity contribution is 5.75. The number of H-pyrrole nitrogens is 1. The summed E-state index contributed by atoms with van der Waals surface area (Å²) >= 11 is 0. The normalized spacial score (nSPS) is 10.3. The van der Waals surface area contributed by atoms with Crippen molar-refractivity contribution in [1.82, 2.24) is 20.5 Å². The van der Waals surface area contributed by atoms with Gasteiger partial charge < -0.3 is 10.1 Å². The summed E-state index contributed by atoms with van der Waals surface area (Å²) < 4.78 is 5.22. The zero-order chi connectivity index (χ0) is 11.6. The van der Waals surface area contributed by atoms with Crippen LogP contribution in [0.15, 0.2) is 6.33 Å². The number of amides is 1. The van der Waals surface area contributed by atoms with Crippen LogP contribution in [0.5, 0.6) is 0 Å². The maximum Gasteiger partial charge on any atom is 0.222 e. The van der Waals surface area contributed by atoms with Crippen molar-refractivity contribution in [3.63, 3.8) is 0 Å². The molecule has 0 aliphatic rings. The van der Waals surface area contributed by atoms with Crippen molar-refractivity contribution in [3.8, 4) is 0 Å². The minimum Gasteiger partial charge on any atom is -0.381 e. The maximum atomic E-state index is 11.3. The van der Waals surface area contributed by atoms with Gasteiger partial charge in [-0.15, -0.1) is 0 Å². The van der Waals surface area contributed by atoms with Crippen LogP contribution >= 0.6 is 0 Å². The number of carbonyl (C=O) groups excluding carboxylic acids is 1. The van der Waals surface area contributed by atoms with Crippen molar-refractivity contribution in [3.05, 3.63) is 12.2 Å². The SMILES string of the molecule is CCCOCCC(=O)NCCc1ncn[nH]1. The van der Waals surface area contributed by atoms with Crippen molar-refractivity contribution >= 4 is 5.91 Å². The Morgan fingerprint density at radius 3 is 3.12 bits per heavy atom. The lowest BCUT2D eigenvalue weighted by Gasteiger charge is -2.04. The molecule has 6 heteroatoms. The van der Waals surface area contributed by atoms with E-state index in [1.54, 1.807) is 0 Å². The molecule has 90 valence electrons. The first-order chi connectivity index (χ1) is 7.83. The van der Waals surface area contributed by atoms with Gasteiger partial charge in [0.15, 0.2) is 0 Å². The highest BCUT2D eigenvalue weighted by Gasteiger charge is 2.01. The van der Waals surface area contributed by atoms with Gasteiger partial charge in [0.1, 0.15) is 12.2 Å². The minimum atomic E-state index is 0.00983. The Hall–Kier alpha value is -1.43. The molecular weight excluding hydrogens is 208 g/mol. The van der Waals surface area contributed by atoms with Crippen molar-refractivity contribution in [2.75, 3.05) is 19.8 Å². The second-order valence-corrected chi connectivity index (χ2v) is 3.39. The van der Waals surface area contributed by atoms with Gasteiger partial charge in [-0.1, -0.05) is 6.92 Å². The highest BCUT2D eigenvalue weighted by Crippen LogP contribution is 1.88. The molecule has 0 bridgehead atoms. The van der Waals surface area contributed by atoms with E-state index in [0.717, 1.165) is 12.2 Å². The van der Waals surface area contributed by atoms with Crippen LogP contribution < -0.4 is 5.32 Å². The highest BCUT2D eigenvalue weighted by atomic mass is 16.5. The Kier molecular flexibility index (Phi) is 6.17. The molecule has 0 radical (unpaired) electrons. The van der Waals surface area contributed by atoms with E-state index in [2.05, 4.69) is 20.5 Å². The molecular formula is C10H18N4O2. The van der Waals surface area contributed by atoms with Crippen molar-refractivity contribution in [2.45, 2.75) is 26.2 Å². The monoisotopic (exact) mass is 226 g/mol. The van der Waals surface area contributed by atoms with E-state index in [-0.39, 0.29) is 5.91 Å². The lowest BCUT2D eigenvalue weighted by atomic mass is 10.3. The number of hydrogen-bond donors (Lipinski definition) is 2. The van der Waals surface area contributed by atoms with E-state index in [4.69, 9.17) is 4.74 Å². The predicted octanol–water partition coefficient (Wildman–Crippen LogP) is 0.280. The van der Waals surface area contributed by atoms with Gasteiger partial charge in [0.2, 0.25) is 5.91 Å². The third kappa shape index (κ3) is 5.45. The summed E-state index contributed by atoms with van der Waals surface area (Å²) in [5.74, 6) is 0.790. The summed E-state index contributed by atoms with van der Waals surface area (Å²) in [4.78, 5) is 15.3. The fourth-order valence-corrected chi connectivity index (χ4v) is 1.17. The fourth-order valence-electron chi connectivity index (χ4n) is 1.17. The molecule has 0 saturated carbocycles. The van der Waals surface area contributed by atoms with Crippen molar-refractivity contribution in [1.29, 1.82) is 0 Å². The minimum absolute atomic E-state index is 0.00983. The average Bonchev–Trinajstić information content (AvgIpc) is 2.77. The molecule has 1 aromatic heterocycles. The van der Waals surface area contributed by atoms with Gasteiger partial charge in [-0.05, 0) is 6.42 Å². The van der Waals surface area contributed by atoms with Crippen molar-refractivity contribution < 1.29 is 9.53 Å². The zero-order valence-electron chi connectivity index (χ0n) is 9.53. The van der Waals surface area contributed by atoms with Gasteiger partial charge in [-0.3, -0.25) is 9.89 Å². The Morgan fingerprint density at radius 1 is 1.56 bits per heavy atom. The molecule has 0 fully saturated rings. The van der Waals surface area contributed by atoms with Gasteiger partial charge in [-0.25, -0.2) is 4.98 Å². The molecule has 0 aliphatic heterocycles. The lowest BCUT2D eigenvalue weighted by Crippen LogP contribution is -2.26. The average molecular weight is 226 g/mol. The van der Waals surface area contributed by atoms with Gasteiger partial charge in [0.05, 0.1) is 6.61 Å². The molecule has 0 atom stereocenters. The molecule has 1 aromatic rings. The molecule has 0 unspecified atom stereocenters. The van der Waals surface area contributed by atoms with Crippen molar-refractivity contribution in [2.24, 2.45) is 0 Å². The summed E-state index contributed by atoms with van der Waals surface area (Å²) in [6.45, 7) is 3.81. The topological polar surface area (TPSA) is 79.9 Å². The molecule has 0 aromatic carbocycles. The first-order valence-corrected chi connectivity index (χ1v) is 5.51. The summed E-state index contributed by atoms with van der Waals surface area (Å²) in [6.07, 6.45) is 3.51. The maximum absolute atomic E-state index is 11.3. The Balaban J connectivity index is 1.98. The van der Waals surface area contributed by atoms with Crippen LogP contribution in [0.2, 0.25) is 0 Å². The molecule has 1 heterocycles. The van der Waals surface area contributed by atoms with E-state index in [0.29, 0.717) is 32.6 Å². The van der Waals surface area contributed by atoms with Gasteiger partial charge in [0, 0.05) is 26.0 Å². The molecule has 0 spiro atoms. The third-order valence-corrected chi connectivity index (χ3v) is 1.97. The standard InChI is InChI=1S/C10H18N4O2/c1-2-6-16-7-4-10(15)11-5-3-9-12-8-13-14-9/h8H,2-7H2,1H3,(H,11,15)(H,12,13,14). The van der Waals surface area contributed by atoms with E-state index >= 15 is 0 Å². The predicted molar refractivity (Wildman–Crippen MR) is 58.8 cm³/mol. The van der Waals surface area contributed by atoms with E-state index in [9.17, 15) is 4.79 Å². The van der Waals surface area contributed by atoms with Crippen LogP contribution in [0.25, 0.3) is 0 Å². The zero-order valence-corrected chi connectivity index (χ0v) is 9.53. The lowest BCUT2D eigenvalue weighted by molar-refractivity contribution is -0.122. The number of ether oxygens (including phenoxy) is 1. The number of nitrogens with zero attached hydrogens (tertiary/aromatic N) is 2. The first kappa shape index (κ1) is 12.6. The molecule has 0 saturated heterocycles. The molecule has 1 rings (SSSR count). The van der Waals surface area contributed by atoms with Crippen LogP contribution in [-0.4, -0.2) is 40.8 Å². The van der Waals surface area contributed by atoms with Crippen LogP contribution in [0.1, 0.15) is 25.6 Å². The fraction of sp³-hybridized carbons (Fsp3) is 0.700. The van der Waals surface area contributed by atoms with Gasteiger partial charge in [-0.2, -0.15) is 5.10 Å². The number of hydrogen-bond acceptors (Lipinski definition) is 4. The van der Waals surface area contributed by atoms with Gasteiger partial charge in [0.25, 0.3) is 0 Å². The molecule has 16 heavy (non-hydrogen) atoms. The second-order valence-electron chi connectivity index (χ2n) is 3.39. The quantitative estimate of drug-likeness (QED) is 0.624. The summed E-state index contributed by atoms with van der Waals surface area (Å²) in [7, 11) is 0. The van der Waals surface area contributed by atoms with Gasteiger partial charge >= 0.3 is 0 Å². The molecule has 6 nitrogen and oxygen atoms in total. The van der Waals surface area contributed by atoms with Crippen LogP contribution in [0.3, 0.4) is 0 Å². The van der Waals surface area contributed by atoms with E-state index < -0.39 is 0 Å². The Labute approximate surface area is 94.8 Å². The number of aromatic nitrogens is 3. The molecule has 2 N–H and O–H groups in total. The summed E-state index contributed by atoms with van der Waals surface area (Å²) in [6, 6.07) is 0. The summed E-state index contributed by atoms with van der Waals surface area (Å²) in [5.41, 5.74) is 0. The first-order valence-electron chi connectivity index (χ1n) is 5.51. The smallest absolute Gasteiger partial charge is 0.222 e. The third-order valence-electron chi connectivity index (χ3n) is 1.97. The second kappa shape index (κ2) is 7.81. The largest absolute Gasteiger partial charge is 0.381 e. The van der Waals surface area contributed by atoms with Crippen LogP contribution in [0.4, 0.5) is 0 Å².